The summed E-state index contributed by atoms with van der Waals surface area (Å²) >= 11 is 1.51. The van der Waals surface area contributed by atoms with Crippen LogP contribution in [-0.2, 0) is 14.3 Å². The van der Waals surface area contributed by atoms with Gasteiger partial charge in [-0.25, -0.2) is 9.59 Å². The highest BCUT2D eigenvalue weighted by atomic mass is 32.2. The van der Waals surface area contributed by atoms with Gasteiger partial charge < -0.3 is 20.1 Å². The summed E-state index contributed by atoms with van der Waals surface area (Å²) in [6, 6.07) is 15.1. The number of anilines is 2. The van der Waals surface area contributed by atoms with Crippen molar-refractivity contribution in [1.29, 1.82) is 0 Å². The van der Waals surface area contributed by atoms with Gasteiger partial charge in [-0.2, -0.15) is 0 Å². The van der Waals surface area contributed by atoms with Crippen LogP contribution in [-0.4, -0.2) is 38.3 Å². The molecule has 0 aliphatic carbocycles. The first-order valence-corrected chi connectivity index (χ1v) is 10.7. The number of hydrogen-bond acceptors (Lipinski definition) is 6. The average Bonchev–Trinajstić information content (AvgIpc) is 2.79. The molecule has 3 N–H and O–H groups in total. The van der Waals surface area contributed by atoms with Crippen molar-refractivity contribution in [3.63, 3.8) is 0 Å². The molecule has 3 amide bonds. The van der Waals surface area contributed by atoms with Gasteiger partial charge in [-0.05, 0) is 36.8 Å². The summed E-state index contributed by atoms with van der Waals surface area (Å²) < 4.78 is 9.12. The molecule has 9 nitrogen and oxygen atoms in total. The molecule has 0 aliphatic rings. The number of aliphatic imine (C=N–C) groups is 1. The van der Waals surface area contributed by atoms with Crippen LogP contribution in [0.15, 0.2) is 63.3 Å². The molecule has 0 heterocycles. The Hall–Kier alpha value is -3.53. The molecule has 0 aliphatic heterocycles. The highest BCUT2D eigenvalue weighted by Crippen LogP contribution is 2.33. The maximum atomic E-state index is 12.3. The minimum Gasteiger partial charge on any atom is -0.453 e. The molecule has 0 radical (unpaired) electrons. The van der Waals surface area contributed by atoms with Gasteiger partial charge in [-0.1, -0.05) is 43.3 Å². The van der Waals surface area contributed by atoms with Crippen LogP contribution < -0.4 is 16.0 Å². The number of alkyl carbamates (subject to hydrolysis) is 1. The topological polar surface area (TPSA) is 118 Å². The van der Waals surface area contributed by atoms with Crippen molar-refractivity contribution in [2.75, 3.05) is 24.9 Å². The minimum absolute atomic E-state index is 0.147. The van der Waals surface area contributed by atoms with Crippen LogP contribution in [0.1, 0.15) is 26.2 Å². The summed E-state index contributed by atoms with van der Waals surface area (Å²) in [6.45, 7) is 2.00. The van der Waals surface area contributed by atoms with Crippen LogP contribution >= 0.6 is 11.8 Å². The van der Waals surface area contributed by atoms with E-state index in [-0.39, 0.29) is 11.9 Å². The lowest BCUT2D eigenvalue weighted by Gasteiger charge is -2.16. The second-order valence-electron chi connectivity index (χ2n) is 6.45. The van der Waals surface area contributed by atoms with E-state index in [1.807, 2.05) is 43.3 Å². The number of methoxy groups -OCH3 is 2. The van der Waals surface area contributed by atoms with E-state index in [0.29, 0.717) is 17.8 Å². The van der Waals surface area contributed by atoms with Crippen molar-refractivity contribution in [1.82, 2.24) is 5.32 Å². The van der Waals surface area contributed by atoms with Crippen molar-refractivity contribution in [3.8, 4) is 0 Å². The van der Waals surface area contributed by atoms with Gasteiger partial charge in [0.05, 0.1) is 25.6 Å². The van der Waals surface area contributed by atoms with E-state index in [2.05, 4.69) is 30.4 Å². The Balaban J connectivity index is 2.36. The lowest BCUT2D eigenvalue weighted by atomic mass is 10.2. The third kappa shape index (κ3) is 8.31. The fourth-order valence-electron chi connectivity index (χ4n) is 2.47. The molecule has 32 heavy (non-hydrogen) atoms. The van der Waals surface area contributed by atoms with Gasteiger partial charge in [0, 0.05) is 16.2 Å². The van der Waals surface area contributed by atoms with Crippen molar-refractivity contribution in [3.05, 3.63) is 48.5 Å². The minimum atomic E-state index is -0.924. The maximum absolute atomic E-state index is 12.3. The van der Waals surface area contributed by atoms with Crippen molar-refractivity contribution < 1.29 is 23.9 Å². The molecular weight excluding hydrogens is 432 g/mol. The van der Waals surface area contributed by atoms with E-state index in [1.165, 1.54) is 18.9 Å². The Labute approximate surface area is 191 Å². The smallest absolute Gasteiger partial charge is 0.436 e. The van der Waals surface area contributed by atoms with Gasteiger partial charge in [-0.15, -0.1) is 4.99 Å². The first-order valence-electron chi connectivity index (χ1n) is 9.90. The number of hydrogen-bond donors (Lipinski definition) is 3. The largest absolute Gasteiger partial charge is 0.453 e. The van der Waals surface area contributed by atoms with Crippen LogP contribution in [0, 0.1) is 0 Å². The number of benzene rings is 2. The predicted octanol–water partition coefficient (Wildman–Crippen LogP) is 4.86. The standard InChI is InChI=1S/C22H26N4O5S/c1-4-5-11-19(27)23-17-13-12-16(32-15-9-7-6-8-10-15)14-18(17)24-20(25-21(28)30-2)26-22(29)31-3/h6-10,12-14H,4-5,11H2,1-3H3,(H,23,27)(H2,24,25,26,28,29). The quantitative estimate of drug-likeness (QED) is 0.401. The number of carbonyl (C=O) groups is 3. The molecule has 0 bridgehead atoms. The number of carbonyl (C=O) groups excluding carboxylic acids is 3. The number of amides is 3. The van der Waals surface area contributed by atoms with Gasteiger partial charge in [0.15, 0.2) is 0 Å². The zero-order chi connectivity index (χ0) is 23.3. The second-order valence-corrected chi connectivity index (χ2v) is 7.59. The molecule has 0 saturated carbocycles. The van der Waals surface area contributed by atoms with Gasteiger partial charge in [0.1, 0.15) is 0 Å². The summed E-state index contributed by atoms with van der Waals surface area (Å²) in [5.41, 5.74) is 0.891. The monoisotopic (exact) mass is 458 g/mol. The van der Waals surface area contributed by atoms with E-state index in [4.69, 9.17) is 0 Å². The van der Waals surface area contributed by atoms with E-state index >= 15 is 0 Å². The van der Waals surface area contributed by atoms with Crippen LogP contribution in [0.4, 0.5) is 21.0 Å². The molecule has 0 saturated heterocycles. The fraction of sp³-hybridized carbons (Fsp3) is 0.273. The number of ether oxygens (including phenoxy) is 2. The lowest BCUT2D eigenvalue weighted by molar-refractivity contribution is -0.116. The van der Waals surface area contributed by atoms with E-state index in [1.54, 1.807) is 12.1 Å². The molecule has 0 spiro atoms. The fourth-order valence-corrected chi connectivity index (χ4v) is 3.35. The predicted molar refractivity (Wildman–Crippen MR) is 124 cm³/mol. The molecule has 2 rings (SSSR count). The normalized spacial score (nSPS) is 10.8. The number of nitrogens with one attached hydrogen (secondary N) is 3. The van der Waals surface area contributed by atoms with Crippen LogP contribution in [0.25, 0.3) is 0 Å². The Morgan fingerprint density at radius 1 is 0.938 bits per heavy atom. The first kappa shape index (κ1) is 24.7. The molecular formula is C22H26N4O5S. The summed E-state index contributed by atoms with van der Waals surface area (Å²) in [6.07, 6.45) is 0.273. The van der Waals surface area contributed by atoms with Gasteiger partial charge >= 0.3 is 12.2 Å². The van der Waals surface area contributed by atoms with E-state index in [9.17, 15) is 14.4 Å². The average molecular weight is 459 g/mol. The van der Waals surface area contributed by atoms with Gasteiger partial charge in [0.2, 0.25) is 11.9 Å². The molecule has 10 heteroatoms. The van der Waals surface area contributed by atoms with Crippen LogP contribution in [0.3, 0.4) is 0 Å². The number of guanidine groups is 1. The Morgan fingerprint density at radius 3 is 2.34 bits per heavy atom. The lowest BCUT2D eigenvalue weighted by Crippen LogP contribution is -2.36. The van der Waals surface area contributed by atoms with Gasteiger partial charge in [0.25, 0.3) is 0 Å². The zero-order valence-electron chi connectivity index (χ0n) is 18.1. The molecule has 0 unspecified atom stereocenters. The third-order valence-electron chi connectivity index (χ3n) is 4.04. The third-order valence-corrected chi connectivity index (χ3v) is 5.04. The number of nitrogens with zero attached hydrogens (tertiary/aromatic N) is 1. The SMILES string of the molecule is CCCCC(=O)Nc1ccc(Sc2ccccc2)cc1NC(=NC(=O)OC)NC(=O)OC. The van der Waals surface area contributed by atoms with Crippen molar-refractivity contribution in [2.45, 2.75) is 36.0 Å². The molecule has 0 aromatic heterocycles. The summed E-state index contributed by atoms with van der Waals surface area (Å²) in [4.78, 5) is 41.2. The Bertz CT molecular complexity index is 966. The number of rotatable bonds is 7. The van der Waals surface area contributed by atoms with E-state index in [0.717, 1.165) is 29.7 Å². The summed E-state index contributed by atoms with van der Waals surface area (Å²) in [5.74, 6) is -0.361. The number of unbranched alkanes of at least 4 members (excludes halogenated alkanes) is 1. The molecule has 2 aromatic rings. The van der Waals surface area contributed by atoms with Crippen molar-refractivity contribution >= 4 is 47.2 Å². The second kappa shape index (κ2) is 13.0. The molecule has 2 aromatic carbocycles. The molecule has 0 fully saturated rings. The molecule has 0 atom stereocenters. The summed E-state index contributed by atoms with van der Waals surface area (Å²) in [5, 5.41) is 8.05. The van der Waals surface area contributed by atoms with Gasteiger partial charge in [-0.3, -0.25) is 10.1 Å². The highest BCUT2D eigenvalue weighted by molar-refractivity contribution is 7.99. The Morgan fingerprint density at radius 2 is 1.69 bits per heavy atom. The maximum Gasteiger partial charge on any atom is 0.436 e. The Kier molecular flexibility index (Phi) is 10.1. The highest BCUT2D eigenvalue weighted by Gasteiger charge is 2.14. The molecule has 170 valence electrons. The zero-order valence-corrected chi connectivity index (χ0v) is 19.0. The van der Waals surface area contributed by atoms with Crippen molar-refractivity contribution in [2.24, 2.45) is 4.99 Å². The van der Waals surface area contributed by atoms with E-state index < -0.39 is 12.2 Å². The van der Waals surface area contributed by atoms with Crippen LogP contribution in [0.2, 0.25) is 0 Å². The summed E-state index contributed by atoms with van der Waals surface area (Å²) in [7, 11) is 2.35. The van der Waals surface area contributed by atoms with Crippen LogP contribution in [0.5, 0.6) is 0 Å². The first-order chi connectivity index (χ1) is 15.4.